The van der Waals surface area contributed by atoms with Gasteiger partial charge in [-0.1, -0.05) is 23.4 Å². The Bertz CT molecular complexity index is 1170. The fourth-order valence-corrected chi connectivity index (χ4v) is 2.77. The summed E-state index contributed by atoms with van der Waals surface area (Å²) in [5, 5.41) is 4.01. The van der Waals surface area contributed by atoms with Crippen LogP contribution in [0.25, 0.3) is 33.9 Å². The SMILES string of the molecule is CCn1c(=O)c(=O)[nH]c2cc(-c3noc(-c4ccccc4)n3)ccc21. The predicted molar refractivity (Wildman–Crippen MR) is 93.2 cm³/mol. The number of aromatic nitrogens is 4. The van der Waals surface area contributed by atoms with Crippen LogP contribution in [0.3, 0.4) is 0 Å². The summed E-state index contributed by atoms with van der Waals surface area (Å²) in [6.07, 6.45) is 0. The van der Waals surface area contributed by atoms with Crippen LogP contribution in [0.1, 0.15) is 6.92 Å². The summed E-state index contributed by atoms with van der Waals surface area (Å²) in [6.45, 7) is 2.23. The van der Waals surface area contributed by atoms with Crippen LogP contribution in [0.4, 0.5) is 0 Å². The first-order valence-electron chi connectivity index (χ1n) is 7.84. The van der Waals surface area contributed by atoms with Gasteiger partial charge in [0.15, 0.2) is 0 Å². The van der Waals surface area contributed by atoms with Crippen LogP contribution in [0.5, 0.6) is 0 Å². The number of fused-ring (bicyclic) bond motifs is 1. The Morgan fingerprint density at radius 2 is 1.88 bits per heavy atom. The minimum Gasteiger partial charge on any atom is -0.334 e. The molecule has 0 radical (unpaired) electrons. The number of hydrogen-bond donors (Lipinski definition) is 1. The van der Waals surface area contributed by atoms with Crippen molar-refractivity contribution < 1.29 is 4.52 Å². The van der Waals surface area contributed by atoms with Crippen LogP contribution < -0.4 is 11.1 Å². The Kier molecular flexibility index (Phi) is 3.53. The van der Waals surface area contributed by atoms with E-state index in [0.29, 0.717) is 34.9 Å². The number of aryl methyl sites for hydroxylation is 1. The van der Waals surface area contributed by atoms with Crippen LogP contribution in [0.15, 0.2) is 62.6 Å². The van der Waals surface area contributed by atoms with Gasteiger partial charge in [0.1, 0.15) is 0 Å². The van der Waals surface area contributed by atoms with Crippen molar-refractivity contribution in [2.75, 3.05) is 0 Å². The fraction of sp³-hybridized carbons (Fsp3) is 0.111. The van der Waals surface area contributed by atoms with Gasteiger partial charge in [0.25, 0.3) is 5.89 Å². The van der Waals surface area contributed by atoms with Gasteiger partial charge in [0.05, 0.1) is 11.0 Å². The molecule has 0 aliphatic rings. The van der Waals surface area contributed by atoms with Crippen LogP contribution >= 0.6 is 0 Å². The van der Waals surface area contributed by atoms with Gasteiger partial charge in [0, 0.05) is 17.7 Å². The maximum absolute atomic E-state index is 11.9. The highest BCUT2D eigenvalue weighted by Gasteiger charge is 2.12. The Morgan fingerprint density at radius 3 is 2.64 bits per heavy atom. The molecule has 0 saturated carbocycles. The van der Waals surface area contributed by atoms with Crippen LogP contribution in [-0.4, -0.2) is 19.7 Å². The number of H-pyrrole nitrogens is 1. The molecule has 0 spiro atoms. The molecule has 0 unspecified atom stereocenters. The molecule has 4 aromatic rings. The first kappa shape index (κ1) is 15.1. The molecule has 4 rings (SSSR count). The minimum absolute atomic E-state index is 0.413. The second-order valence-electron chi connectivity index (χ2n) is 5.52. The van der Waals surface area contributed by atoms with Gasteiger partial charge >= 0.3 is 11.1 Å². The standard InChI is InChI=1S/C18H14N4O3/c1-2-22-14-9-8-12(10-13(14)19-16(23)18(22)24)15-20-17(25-21-15)11-6-4-3-5-7-11/h3-10H,2H2,1H3,(H,19,23). The van der Waals surface area contributed by atoms with Crippen LogP contribution in [0.2, 0.25) is 0 Å². The first-order valence-corrected chi connectivity index (χ1v) is 7.84. The molecule has 0 bridgehead atoms. The van der Waals surface area contributed by atoms with Crippen molar-refractivity contribution in [3.63, 3.8) is 0 Å². The Hall–Kier alpha value is -3.48. The molecule has 124 valence electrons. The van der Waals surface area contributed by atoms with Crippen LogP contribution in [-0.2, 0) is 6.54 Å². The van der Waals surface area contributed by atoms with Crippen molar-refractivity contribution in [3.8, 4) is 22.8 Å². The van der Waals surface area contributed by atoms with Gasteiger partial charge in [0.2, 0.25) is 5.82 Å². The first-order chi connectivity index (χ1) is 12.2. The second-order valence-corrected chi connectivity index (χ2v) is 5.52. The Labute approximate surface area is 141 Å². The van der Waals surface area contributed by atoms with E-state index in [0.717, 1.165) is 5.56 Å². The molecule has 0 amide bonds. The van der Waals surface area contributed by atoms with Gasteiger partial charge < -0.3 is 14.1 Å². The largest absolute Gasteiger partial charge is 0.334 e. The van der Waals surface area contributed by atoms with Gasteiger partial charge in [-0.15, -0.1) is 0 Å². The Morgan fingerprint density at radius 1 is 1.08 bits per heavy atom. The lowest BCUT2D eigenvalue weighted by Crippen LogP contribution is -2.35. The van der Waals surface area contributed by atoms with Crippen molar-refractivity contribution in [1.29, 1.82) is 0 Å². The van der Waals surface area contributed by atoms with E-state index in [1.54, 1.807) is 18.2 Å². The molecule has 7 nitrogen and oxygen atoms in total. The monoisotopic (exact) mass is 334 g/mol. The summed E-state index contributed by atoms with van der Waals surface area (Å²) in [5.74, 6) is 0.832. The number of aromatic amines is 1. The van der Waals surface area contributed by atoms with Crippen molar-refractivity contribution in [2.45, 2.75) is 13.5 Å². The lowest BCUT2D eigenvalue weighted by molar-refractivity contribution is 0.432. The Balaban J connectivity index is 1.83. The average molecular weight is 334 g/mol. The normalized spacial score (nSPS) is 11.1. The number of hydrogen-bond acceptors (Lipinski definition) is 5. The zero-order valence-electron chi connectivity index (χ0n) is 13.4. The summed E-state index contributed by atoms with van der Waals surface area (Å²) >= 11 is 0. The third-order valence-electron chi connectivity index (χ3n) is 4.00. The lowest BCUT2D eigenvalue weighted by atomic mass is 10.1. The zero-order chi connectivity index (χ0) is 17.4. The molecule has 7 heteroatoms. The van der Waals surface area contributed by atoms with Crippen molar-refractivity contribution in [2.24, 2.45) is 0 Å². The summed E-state index contributed by atoms with van der Waals surface area (Å²) in [6, 6.07) is 14.8. The highest BCUT2D eigenvalue weighted by atomic mass is 16.5. The summed E-state index contributed by atoms with van der Waals surface area (Å²) in [7, 11) is 0. The molecule has 25 heavy (non-hydrogen) atoms. The van der Waals surface area contributed by atoms with E-state index in [2.05, 4.69) is 15.1 Å². The van der Waals surface area contributed by atoms with Gasteiger partial charge in [-0.2, -0.15) is 4.98 Å². The molecule has 0 atom stereocenters. The van der Waals surface area contributed by atoms with Crippen LogP contribution in [0, 0.1) is 0 Å². The minimum atomic E-state index is -0.649. The maximum atomic E-state index is 11.9. The molecule has 0 fully saturated rings. The highest BCUT2D eigenvalue weighted by molar-refractivity contribution is 5.80. The number of nitrogens with zero attached hydrogens (tertiary/aromatic N) is 3. The summed E-state index contributed by atoms with van der Waals surface area (Å²) in [4.78, 5) is 30.7. The zero-order valence-corrected chi connectivity index (χ0v) is 13.4. The third kappa shape index (κ3) is 2.55. The van der Waals surface area contributed by atoms with E-state index < -0.39 is 11.1 Å². The molecule has 2 heterocycles. The molecule has 2 aromatic carbocycles. The maximum Gasteiger partial charge on any atom is 0.316 e. The van der Waals surface area contributed by atoms with Gasteiger partial charge in [-0.3, -0.25) is 9.59 Å². The number of rotatable bonds is 3. The third-order valence-corrected chi connectivity index (χ3v) is 4.00. The van der Waals surface area contributed by atoms with E-state index in [-0.39, 0.29) is 0 Å². The van der Waals surface area contributed by atoms with Crippen molar-refractivity contribution in [3.05, 3.63) is 69.2 Å². The lowest BCUT2D eigenvalue weighted by Gasteiger charge is -2.07. The summed E-state index contributed by atoms with van der Waals surface area (Å²) < 4.78 is 6.75. The highest BCUT2D eigenvalue weighted by Crippen LogP contribution is 2.23. The topological polar surface area (TPSA) is 93.8 Å². The molecular weight excluding hydrogens is 320 g/mol. The molecule has 0 aliphatic heterocycles. The molecular formula is C18H14N4O3. The average Bonchev–Trinajstić information content (AvgIpc) is 3.13. The number of benzene rings is 2. The quantitative estimate of drug-likeness (QED) is 0.581. The smallest absolute Gasteiger partial charge is 0.316 e. The van der Waals surface area contributed by atoms with E-state index in [1.807, 2.05) is 37.3 Å². The van der Waals surface area contributed by atoms with E-state index in [4.69, 9.17) is 4.52 Å². The fourth-order valence-electron chi connectivity index (χ4n) is 2.77. The molecule has 0 aliphatic carbocycles. The van der Waals surface area contributed by atoms with Crippen molar-refractivity contribution >= 4 is 11.0 Å². The van der Waals surface area contributed by atoms with E-state index in [9.17, 15) is 9.59 Å². The molecule has 0 saturated heterocycles. The van der Waals surface area contributed by atoms with Gasteiger partial charge in [-0.05, 0) is 37.3 Å². The molecule has 2 aromatic heterocycles. The number of nitrogens with one attached hydrogen (secondary N) is 1. The predicted octanol–water partition coefficient (Wildman–Crippen LogP) is 2.43. The van der Waals surface area contributed by atoms with Gasteiger partial charge in [-0.25, -0.2) is 0 Å². The summed E-state index contributed by atoms with van der Waals surface area (Å²) in [5.41, 5.74) is 1.52. The van der Waals surface area contributed by atoms with E-state index >= 15 is 0 Å². The van der Waals surface area contributed by atoms with E-state index in [1.165, 1.54) is 4.57 Å². The molecule has 1 N–H and O–H groups in total. The second kappa shape index (κ2) is 5.86. The van der Waals surface area contributed by atoms with Crippen molar-refractivity contribution in [1.82, 2.24) is 19.7 Å².